The molecule has 8 nitrogen and oxygen atoms in total. The maximum Gasteiger partial charge on any atom is 0.330 e. The maximum atomic E-state index is 14.5. The summed E-state index contributed by atoms with van der Waals surface area (Å²) in [5.41, 5.74) is -1.81. The highest BCUT2D eigenvalue weighted by Crippen LogP contribution is 2.28. The van der Waals surface area contributed by atoms with Gasteiger partial charge in [0.05, 0.1) is 12.2 Å². The standard InChI is InChI=1S/C17H17FN2O6/c18-11(6-9-4-2-1-3-5-9)10-7-20(17(25)19-15(10)24)16-14(23)13(22)12(8-21)26-16/h1-7,12-14,16,21-23H,8H2,(H,19,24,25)/t12-,13-,14-,16-/m1/s1. The van der Waals surface area contributed by atoms with Gasteiger partial charge in [0.2, 0.25) is 0 Å². The number of nitrogens with zero attached hydrogens (tertiary/aromatic N) is 1. The quantitative estimate of drug-likeness (QED) is 0.586. The molecule has 1 fully saturated rings. The first kappa shape index (κ1) is 18.2. The molecule has 2 aromatic rings. The zero-order valence-corrected chi connectivity index (χ0v) is 13.4. The fourth-order valence-corrected chi connectivity index (χ4v) is 2.73. The monoisotopic (exact) mass is 364 g/mol. The van der Waals surface area contributed by atoms with Crippen molar-refractivity contribution in [2.24, 2.45) is 0 Å². The number of halogens is 1. The molecule has 0 radical (unpaired) electrons. The van der Waals surface area contributed by atoms with E-state index >= 15 is 0 Å². The topological polar surface area (TPSA) is 125 Å². The molecule has 1 aromatic heterocycles. The number of hydrogen-bond acceptors (Lipinski definition) is 6. The fraction of sp³-hybridized carbons (Fsp3) is 0.294. The van der Waals surface area contributed by atoms with Crippen LogP contribution in [0.5, 0.6) is 0 Å². The van der Waals surface area contributed by atoms with Crippen molar-refractivity contribution in [3.05, 3.63) is 68.5 Å². The molecule has 9 heteroatoms. The minimum Gasteiger partial charge on any atom is -0.394 e. The Balaban J connectivity index is 2.02. The van der Waals surface area contributed by atoms with E-state index in [2.05, 4.69) is 0 Å². The van der Waals surface area contributed by atoms with Crippen LogP contribution in [0.15, 0.2) is 46.1 Å². The molecule has 4 atom stereocenters. The number of H-pyrrole nitrogens is 1. The molecule has 3 rings (SSSR count). The van der Waals surface area contributed by atoms with E-state index in [1.807, 2.05) is 4.98 Å². The van der Waals surface area contributed by atoms with Crippen molar-refractivity contribution >= 4 is 11.9 Å². The second-order valence-electron chi connectivity index (χ2n) is 5.84. The number of aromatic amines is 1. The first-order valence-electron chi connectivity index (χ1n) is 7.83. The van der Waals surface area contributed by atoms with Crippen LogP contribution in [0.25, 0.3) is 11.9 Å². The minimum atomic E-state index is -1.54. The summed E-state index contributed by atoms with van der Waals surface area (Å²) in [4.78, 5) is 26.0. The lowest BCUT2D eigenvalue weighted by Crippen LogP contribution is -2.38. The lowest BCUT2D eigenvalue weighted by molar-refractivity contribution is -0.0550. The third kappa shape index (κ3) is 3.37. The largest absolute Gasteiger partial charge is 0.394 e. The average Bonchev–Trinajstić information content (AvgIpc) is 2.91. The number of ether oxygens (including phenoxy) is 1. The highest BCUT2D eigenvalue weighted by atomic mass is 19.1. The number of aliphatic hydroxyl groups is 3. The summed E-state index contributed by atoms with van der Waals surface area (Å²) < 4.78 is 20.6. The van der Waals surface area contributed by atoms with Gasteiger partial charge in [-0.05, 0) is 11.6 Å². The van der Waals surface area contributed by atoms with E-state index in [9.17, 15) is 24.2 Å². The van der Waals surface area contributed by atoms with Crippen molar-refractivity contribution in [2.45, 2.75) is 24.5 Å². The molecule has 26 heavy (non-hydrogen) atoms. The van der Waals surface area contributed by atoms with Crippen molar-refractivity contribution < 1.29 is 24.4 Å². The zero-order valence-electron chi connectivity index (χ0n) is 13.4. The summed E-state index contributed by atoms with van der Waals surface area (Å²) in [5.74, 6) is -0.891. The van der Waals surface area contributed by atoms with Gasteiger partial charge >= 0.3 is 5.69 Å². The lowest BCUT2D eigenvalue weighted by atomic mass is 10.1. The first-order valence-corrected chi connectivity index (χ1v) is 7.83. The second kappa shape index (κ2) is 7.34. The molecule has 138 valence electrons. The Hall–Kier alpha value is -2.59. The van der Waals surface area contributed by atoms with E-state index in [0.717, 1.165) is 16.8 Å². The van der Waals surface area contributed by atoms with Crippen molar-refractivity contribution in [1.29, 1.82) is 0 Å². The third-order valence-electron chi connectivity index (χ3n) is 4.11. The molecule has 0 bridgehead atoms. The molecule has 1 aliphatic heterocycles. The van der Waals surface area contributed by atoms with Gasteiger partial charge in [0.1, 0.15) is 24.1 Å². The van der Waals surface area contributed by atoms with Crippen molar-refractivity contribution in [1.82, 2.24) is 9.55 Å². The van der Waals surface area contributed by atoms with Crippen LogP contribution in [-0.4, -0.2) is 49.8 Å². The smallest absolute Gasteiger partial charge is 0.330 e. The predicted octanol–water partition coefficient (Wildman–Crippen LogP) is -0.384. The number of aliphatic hydroxyl groups excluding tert-OH is 3. The minimum absolute atomic E-state index is 0.439. The summed E-state index contributed by atoms with van der Waals surface area (Å²) in [6, 6.07) is 8.42. The third-order valence-corrected chi connectivity index (χ3v) is 4.11. The molecule has 2 heterocycles. The Labute approximate surface area is 146 Å². The molecular formula is C17H17FN2O6. The van der Waals surface area contributed by atoms with Gasteiger partial charge in [-0.25, -0.2) is 9.18 Å². The molecule has 1 aliphatic rings. The molecule has 0 spiro atoms. The Morgan fingerprint density at radius 1 is 1.23 bits per heavy atom. The number of nitrogens with one attached hydrogen (secondary N) is 1. The predicted molar refractivity (Wildman–Crippen MR) is 89.8 cm³/mol. The zero-order chi connectivity index (χ0) is 18.8. The van der Waals surface area contributed by atoms with Crippen molar-refractivity contribution in [3.8, 4) is 0 Å². The molecular weight excluding hydrogens is 347 g/mol. The van der Waals surface area contributed by atoms with Crippen LogP contribution >= 0.6 is 0 Å². The van der Waals surface area contributed by atoms with Crippen molar-refractivity contribution in [3.63, 3.8) is 0 Å². The van der Waals surface area contributed by atoms with Crippen LogP contribution in [-0.2, 0) is 4.74 Å². The number of hydrogen-bond donors (Lipinski definition) is 4. The normalized spacial score (nSPS) is 26.2. The van der Waals surface area contributed by atoms with Crippen LogP contribution in [0.1, 0.15) is 17.4 Å². The lowest BCUT2D eigenvalue weighted by Gasteiger charge is -2.17. The summed E-state index contributed by atoms with van der Waals surface area (Å²) in [7, 11) is 0. The summed E-state index contributed by atoms with van der Waals surface area (Å²) in [6.07, 6.45) is -3.42. The Kier molecular flexibility index (Phi) is 5.14. The molecule has 0 amide bonds. The van der Waals surface area contributed by atoms with Crippen LogP contribution in [0.3, 0.4) is 0 Å². The molecule has 0 aliphatic carbocycles. The molecule has 0 saturated carbocycles. The second-order valence-corrected chi connectivity index (χ2v) is 5.84. The summed E-state index contributed by atoms with van der Waals surface area (Å²) in [6.45, 7) is -0.581. The number of aromatic nitrogens is 2. The molecule has 4 N–H and O–H groups in total. The summed E-state index contributed by atoms with van der Waals surface area (Å²) in [5, 5.41) is 29.0. The van der Waals surface area contributed by atoms with E-state index in [1.165, 1.54) is 0 Å². The average molecular weight is 364 g/mol. The van der Waals surface area contributed by atoms with E-state index < -0.39 is 53.8 Å². The van der Waals surface area contributed by atoms with Crippen molar-refractivity contribution in [2.75, 3.05) is 6.61 Å². The Morgan fingerprint density at radius 2 is 1.92 bits per heavy atom. The van der Waals surface area contributed by atoms with Crippen LogP contribution < -0.4 is 11.2 Å². The van der Waals surface area contributed by atoms with Crippen LogP contribution in [0, 0.1) is 0 Å². The van der Waals surface area contributed by atoms with Crippen LogP contribution in [0.4, 0.5) is 4.39 Å². The van der Waals surface area contributed by atoms with Gasteiger partial charge in [-0.3, -0.25) is 14.3 Å². The Morgan fingerprint density at radius 3 is 2.54 bits per heavy atom. The highest BCUT2D eigenvalue weighted by Gasteiger charge is 2.43. The number of rotatable bonds is 4. The highest BCUT2D eigenvalue weighted by molar-refractivity contribution is 5.75. The Bertz CT molecular complexity index is 923. The first-order chi connectivity index (χ1) is 12.4. The number of benzene rings is 1. The van der Waals surface area contributed by atoms with E-state index in [1.54, 1.807) is 30.3 Å². The molecule has 1 saturated heterocycles. The van der Waals surface area contributed by atoms with E-state index in [4.69, 9.17) is 9.84 Å². The van der Waals surface area contributed by atoms with Gasteiger partial charge in [-0.1, -0.05) is 30.3 Å². The molecule has 0 unspecified atom stereocenters. The van der Waals surface area contributed by atoms with Gasteiger partial charge in [0.25, 0.3) is 5.56 Å². The van der Waals surface area contributed by atoms with E-state index in [0.29, 0.717) is 5.56 Å². The van der Waals surface area contributed by atoms with Gasteiger partial charge in [-0.15, -0.1) is 0 Å². The summed E-state index contributed by atoms with van der Waals surface area (Å²) >= 11 is 0. The van der Waals surface area contributed by atoms with E-state index in [-0.39, 0.29) is 0 Å². The van der Waals surface area contributed by atoms with Crippen LogP contribution in [0.2, 0.25) is 0 Å². The maximum absolute atomic E-state index is 14.5. The molecule has 1 aromatic carbocycles. The fourth-order valence-electron chi connectivity index (χ4n) is 2.73. The van der Waals surface area contributed by atoms with Gasteiger partial charge in [0.15, 0.2) is 6.23 Å². The van der Waals surface area contributed by atoms with Gasteiger partial charge in [0, 0.05) is 6.20 Å². The SMILES string of the molecule is O=c1[nH]c(=O)n([C@@H]2O[C@H](CO)[C@@H](O)[C@H]2O)cc1C(F)=Cc1ccccc1. The van der Waals surface area contributed by atoms with Gasteiger partial charge < -0.3 is 20.1 Å². The van der Waals surface area contributed by atoms with Gasteiger partial charge in [-0.2, -0.15) is 0 Å².